The third-order valence-electron chi connectivity index (χ3n) is 2.16. The van der Waals surface area contributed by atoms with Gasteiger partial charge in [-0.3, -0.25) is 9.59 Å². The minimum atomic E-state index is -0.320. The Kier molecular flexibility index (Phi) is 5.85. The van der Waals surface area contributed by atoms with Gasteiger partial charge in [-0.05, 0) is 30.2 Å². The van der Waals surface area contributed by atoms with Crippen molar-refractivity contribution in [1.82, 2.24) is 0 Å². The number of anilines is 1. The molecule has 0 fully saturated rings. The first-order chi connectivity index (χ1) is 9.11. The van der Waals surface area contributed by atoms with Crippen molar-refractivity contribution < 1.29 is 9.59 Å². The summed E-state index contributed by atoms with van der Waals surface area (Å²) in [6.45, 7) is 1.67. The Morgan fingerprint density at radius 1 is 1.37 bits per heavy atom. The Labute approximate surface area is 110 Å². The maximum atomic E-state index is 11.4. The van der Waals surface area contributed by atoms with Gasteiger partial charge >= 0.3 is 0 Å². The van der Waals surface area contributed by atoms with Crippen molar-refractivity contribution in [3.8, 4) is 0 Å². The molecule has 0 aliphatic rings. The smallest absolute Gasteiger partial charge is 0.231 e. The molecule has 0 aliphatic carbocycles. The van der Waals surface area contributed by atoms with Crippen LogP contribution in [-0.2, 0) is 9.59 Å². The second-order valence-electron chi connectivity index (χ2n) is 3.86. The summed E-state index contributed by atoms with van der Waals surface area (Å²) in [7, 11) is 0. The molecule has 0 unspecified atom stereocenters. The van der Waals surface area contributed by atoms with Gasteiger partial charge in [-0.1, -0.05) is 29.4 Å². The summed E-state index contributed by atoms with van der Waals surface area (Å²) in [5.74, 6) is -0.491. The molecule has 0 aliphatic heterocycles. The fourth-order valence-electron chi connectivity index (χ4n) is 1.38. The summed E-state index contributed by atoms with van der Waals surface area (Å²) in [5, 5.41) is 6.00. The van der Waals surface area contributed by atoms with E-state index in [4.69, 9.17) is 5.53 Å². The van der Waals surface area contributed by atoms with Gasteiger partial charge in [-0.25, -0.2) is 0 Å². The van der Waals surface area contributed by atoms with Crippen molar-refractivity contribution in [3.05, 3.63) is 46.3 Å². The van der Waals surface area contributed by atoms with E-state index < -0.39 is 0 Å². The van der Waals surface area contributed by atoms with Gasteiger partial charge in [0.15, 0.2) is 0 Å². The lowest BCUT2D eigenvalue weighted by molar-refractivity contribution is -0.124. The molecule has 0 heterocycles. The zero-order chi connectivity index (χ0) is 14.1. The summed E-state index contributed by atoms with van der Waals surface area (Å²) in [6, 6.07) is 7.11. The van der Waals surface area contributed by atoms with Crippen LogP contribution in [0.3, 0.4) is 0 Å². The molecule has 98 valence electrons. The van der Waals surface area contributed by atoms with Crippen LogP contribution in [0, 0.1) is 0 Å². The molecule has 0 bridgehead atoms. The number of Topliss-reactive ketones (excluding diaryl/α,β-unsaturated/α-hetero) is 1. The van der Waals surface area contributed by atoms with E-state index in [1.807, 2.05) is 18.2 Å². The molecule has 0 atom stereocenters. The second-order valence-corrected chi connectivity index (χ2v) is 3.86. The van der Waals surface area contributed by atoms with Crippen LogP contribution in [0.1, 0.15) is 18.9 Å². The number of carbonyl (C=O) groups is 2. The molecule has 6 heteroatoms. The van der Waals surface area contributed by atoms with Gasteiger partial charge in [0.2, 0.25) is 5.91 Å². The first kappa shape index (κ1) is 14.5. The number of ketones is 1. The highest BCUT2D eigenvalue weighted by Crippen LogP contribution is 2.11. The zero-order valence-electron chi connectivity index (χ0n) is 10.5. The highest BCUT2D eigenvalue weighted by atomic mass is 16.2. The van der Waals surface area contributed by atoms with Crippen LogP contribution in [0.15, 0.2) is 35.5 Å². The summed E-state index contributed by atoms with van der Waals surface area (Å²) < 4.78 is 0. The molecule has 0 saturated heterocycles. The molecular weight excluding hydrogens is 244 g/mol. The maximum Gasteiger partial charge on any atom is 0.231 e. The summed E-state index contributed by atoms with van der Waals surface area (Å²) in [4.78, 5) is 24.8. The summed E-state index contributed by atoms with van der Waals surface area (Å²) in [5.41, 5.74) is 9.67. The normalized spacial score (nSPS) is 9.95. The fraction of sp³-hybridized carbons (Fsp3) is 0.231. The Morgan fingerprint density at radius 2 is 2.05 bits per heavy atom. The Hall–Kier alpha value is -2.59. The molecule has 0 spiro atoms. The molecular formula is C13H14N4O2. The summed E-state index contributed by atoms with van der Waals surface area (Å²) in [6.07, 6.45) is 3.44. The molecule has 1 amide bonds. The average molecular weight is 258 g/mol. The Bertz CT molecular complexity index is 528. The third-order valence-corrected chi connectivity index (χ3v) is 2.16. The molecule has 0 aromatic heterocycles. The van der Waals surface area contributed by atoms with Gasteiger partial charge in [0.25, 0.3) is 0 Å². The van der Waals surface area contributed by atoms with E-state index in [2.05, 4.69) is 15.3 Å². The zero-order valence-corrected chi connectivity index (χ0v) is 10.5. The van der Waals surface area contributed by atoms with E-state index in [-0.39, 0.29) is 18.1 Å². The van der Waals surface area contributed by atoms with Crippen LogP contribution in [0.4, 0.5) is 5.69 Å². The van der Waals surface area contributed by atoms with Gasteiger partial charge in [0, 0.05) is 17.1 Å². The first-order valence-corrected chi connectivity index (χ1v) is 5.68. The van der Waals surface area contributed by atoms with Crippen molar-refractivity contribution in [1.29, 1.82) is 0 Å². The van der Waals surface area contributed by atoms with E-state index in [1.54, 1.807) is 18.2 Å². The number of nitrogens with zero attached hydrogens (tertiary/aromatic N) is 3. The third kappa shape index (κ3) is 6.05. The van der Waals surface area contributed by atoms with Crippen LogP contribution in [0.5, 0.6) is 0 Å². The Morgan fingerprint density at radius 3 is 2.63 bits per heavy atom. The molecule has 6 nitrogen and oxygen atoms in total. The number of azide groups is 1. The number of carbonyl (C=O) groups excluding carboxylic acids is 2. The molecule has 0 saturated carbocycles. The van der Waals surface area contributed by atoms with Gasteiger partial charge in [-0.15, -0.1) is 0 Å². The highest BCUT2D eigenvalue weighted by Gasteiger charge is 2.04. The lowest BCUT2D eigenvalue weighted by Gasteiger charge is -2.03. The van der Waals surface area contributed by atoms with Crippen LogP contribution in [0.25, 0.3) is 16.5 Å². The van der Waals surface area contributed by atoms with Crippen molar-refractivity contribution in [2.24, 2.45) is 5.11 Å². The number of hydrogen-bond donors (Lipinski definition) is 1. The highest BCUT2D eigenvalue weighted by molar-refractivity contribution is 6.03. The number of amides is 1. The standard InChI is InChI=1S/C13H14N4O2/c1-10(18)9-13(19)16-12-6-4-11(5-7-12)3-2-8-15-17-14/h2-7H,8-9H2,1H3,(H,16,19). The minimum Gasteiger partial charge on any atom is -0.326 e. The van der Waals surface area contributed by atoms with E-state index in [0.29, 0.717) is 12.2 Å². The largest absolute Gasteiger partial charge is 0.326 e. The fourth-order valence-corrected chi connectivity index (χ4v) is 1.38. The topological polar surface area (TPSA) is 94.9 Å². The number of rotatable bonds is 6. The molecule has 1 aromatic carbocycles. The van der Waals surface area contributed by atoms with Crippen molar-refractivity contribution in [2.45, 2.75) is 13.3 Å². The van der Waals surface area contributed by atoms with E-state index in [9.17, 15) is 9.59 Å². The minimum absolute atomic E-state index is 0.117. The van der Waals surface area contributed by atoms with Crippen molar-refractivity contribution in [2.75, 3.05) is 11.9 Å². The Balaban J connectivity index is 2.56. The van der Waals surface area contributed by atoms with Gasteiger partial charge in [0.05, 0.1) is 6.42 Å². The molecule has 1 N–H and O–H groups in total. The quantitative estimate of drug-likeness (QED) is 0.367. The second kappa shape index (κ2) is 7.68. The van der Waals surface area contributed by atoms with Crippen LogP contribution >= 0.6 is 0 Å². The summed E-state index contributed by atoms with van der Waals surface area (Å²) >= 11 is 0. The lowest BCUT2D eigenvalue weighted by atomic mass is 10.2. The van der Waals surface area contributed by atoms with Crippen LogP contribution < -0.4 is 5.32 Å². The molecule has 19 heavy (non-hydrogen) atoms. The van der Waals surface area contributed by atoms with Crippen LogP contribution in [-0.4, -0.2) is 18.2 Å². The van der Waals surface area contributed by atoms with Crippen molar-refractivity contribution in [3.63, 3.8) is 0 Å². The predicted octanol–water partition coefficient (Wildman–Crippen LogP) is 2.93. The van der Waals surface area contributed by atoms with Gasteiger partial charge in [0.1, 0.15) is 5.78 Å². The first-order valence-electron chi connectivity index (χ1n) is 5.68. The van der Waals surface area contributed by atoms with E-state index in [0.717, 1.165) is 5.56 Å². The SMILES string of the molecule is CC(=O)CC(=O)Nc1ccc(C=CCN=[N+]=[N-])cc1. The molecule has 1 rings (SSSR count). The molecule has 0 radical (unpaired) electrons. The van der Waals surface area contributed by atoms with Gasteiger partial charge < -0.3 is 5.32 Å². The molecule has 1 aromatic rings. The van der Waals surface area contributed by atoms with E-state index >= 15 is 0 Å². The van der Waals surface area contributed by atoms with E-state index in [1.165, 1.54) is 6.92 Å². The maximum absolute atomic E-state index is 11.4. The number of nitrogens with one attached hydrogen (secondary N) is 1. The lowest BCUT2D eigenvalue weighted by Crippen LogP contribution is -2.14. The number of benzene rings is 1. The van der Waals surface area contributed by atoms with Gasteiger partial charge in [-0.2, -0.15) is 0 Å². The predicted molar refractivity (Wildman–Crippen MR) is 73.4 cm³/mol. The monoisotopic (exact) mass is 258 g/mol. The van der Waals surface area contributed by atoms with Crippen molar-refractivity contribution >= 4 is 23.5 Å². The van der Waals surface area contributed by atoms with Crippen LogP contribution in [0.2, 0.25) is 0 Å². The average Bonchev–Trinajstić information content (AvgIpc) is 2.35. The number of hydrogen-bond acceptors (Lipinski definition) is 3.